The Morgan fingerprint density at radius 1 is 1.11 bits per heavy atom. The Kier molecular flexibility index (Phi) is 3.11. The second-order valence-corrected chi connectivity index (χ2v) is 4.80. The van der Waals surface area contributed by atoms with Crippen molar-refractivity contribution in [1.29, 1.82) is 0 Å². The van der Waals surface area contributed by atoms with Gasteiger partial charge in [0.2, 0.25) is 0 Å². The number of aryl methyl sites for hydroxylation is 1. The Hall–Kier alpha value is -1.67. The third kappa shape index (κ3) is 2.29. The monoisotopic (exact) mass is 241 g/mol. The van der Waals surface area contributed by atoms with Crippen molar-refractivity contribution in [2.45, 2.75) is 25.4 Å². The summed E-state index contributed by atoms with van der Waals surface area (Å²) in [4.78, 5) is 0. The SMILES string of the molecule is Fc1ccc2c(c1)[C@@H](NCc1ccccc1)CC2. The van der Waals surface area contributed by atoms with Gasteiger partial charge in [0.25, 0.3) is 0 Å². The summed E-state index contributed by atoms with van der Waals surface area (Å²) in [6.07, 6.45) is 2.10. The van der Waals surface area contributed by atoms with Crippen molar-refractivity contribution in [1.82, 2.24) is 5.32 Å². The lowest BCUT2D eigenvalue weighted by molar-refractivity contribution is 0.527. The summed E-state index contributed by atoms with van der Waals surface area (Å²) in [5, 5.41) is 3.51. The third-order valence-corrected chi connectivity index (χ3v) is 3.58. The van der Waals surface area contributed by atoms with Crippen LogP contribution in [-0.2, 0) is 13.0 Å². The van der Waals surface area contributed by atoms with Gasteiger partial charge in [-0.1, -0.05) is 36.4 Å². The normalized spacial score (nSPS) is 17.7. The molecule has 1 N–H and O–H groups in total. The molecule has 0 aliphatic heterocycles. The molecule has 2 heteroatoms. The van der Waals surface area contributed by atoms with Crippen molar-refractivity contribution >= 4 is 0 Å². The summed E-state index contributed by atoms with van der Waals surface area (Å²) in [6, 6.07) is 15.7. The molecule has 2 aromatic rings. The molecule has 0 saturated heterocycles. The first-order valence-electron chi connectivity index (χ1n) is 6.38. The van der Waals surface area contributed by atoms with E-state index >= 15 is 0 Å². The fourth-order valence-electron chi connectivity index (χ4n) is 2.62. The molecule has 0 amide bonds. The second kappa shape index (κ2) is 4.91. The fraction of sp³-hybridized carbons (Fsp3) is 0.250. The first-order valence-corrected chi connectivity index (χ1v) is 6.38. The van der Waals surface area contributed by atoms with Crippen molar-refractivity contribution in [2.75, 3.05) is 0 Å². The van der Waals surface area contributed by atoms with Crippen molar-refractivity contribution in [2.24, 2.45) is 0 Å². The van der Waals surface area contributed by atoms with Gasteiger partial charge in [0.05, 0.1) is 0 Å². The molecule has 0 fully saturated rings. The molecule has 0 aromatic heterocycles. The summed E-state index contributed by atoms with van der Waals surface area (Å²) in [7, 11) is 0. The van der Waals surface area contributed by atoms with Crippen LogP contribution in [0.4, 0.5) is 4.39 Å². The predicted molar refractivity (Wildman–Crippen MR) is 70.7 cm³/mol. The van der Waals surface area contributed by atoms with Crippen LogP contribution in [0.1, 0.15) is 29.2 Å². The van der Waals surface area contributed by atoms with Crippen LogP contribution >= 0.6 is 0 Å². The van der Waals surface area contributed by atoms with Crippen LogP contribution in [0, 0.1) is 5.82 Å². The number of nitrogens with one attached hydrogen (secondary N) is 1. The van der Waals surface area contributed by atoms with Crippen LogP contribution in [-0.4, -0.2) is 0 Å². The summed E-state index contributed by atoms with van der Waals surface area (Å²) < 4.78 is 13.3. The van der Waals surface area contributed by atoms with Crippen molar-refractivity contribution in [3.05, 3.63) is 71.0 Å². The van der Waals surface area contributed by atoms with E-state index in [4.69, 9.17) is 0 Å². The summed E-state index contributed by atoms with van der Waals surface area (Å²) >= 11 is 0. The second-order valence-electron chi connectivity index (χ2n) is 4.80. The zero-order chi connectivity index (χ0) is 12.4. The molecule has 0 radical (unpaired) electrons. The van der Waals surface area contributed by atoms with Crippen molar-refractivity contribution < 1.29 is 4.39 Å². The molecule has 0 bridgehead atoms. The molecule has 1 aliphatic carbocycles. The molecule has 2 aromatic carbocycles. The Morgan fingerprint density at radius 3 is 2.78 bits per heavy atom. The lowest BCUT2D eigenvalue weighted by Gasteiger charge is -2.14. The Morgan fingerprint density at radius 2 is 1.94 bits per heavy atom. The minimum absolute atomic E-state index is 0.137. The maximum Gasteiger partial charge on any atom is 0.123 e. The first-order chi connectivity index (χ1) is 8.83. The van der Waals surface area contributed by atoms with E-state index in [0.717, 1.165) is 24.9 Å². The predicted octanol–water partition coefficient (Wildman–Crippen LogP) is 3.60. The smallest absolute Gasteiger partial charge is 0.123 e. The number of rotatable bonds is 3. The van der Waals surface area contributed by atoms with E-state index in [9.17, 15) is 4.39 Å². The van der Waals surface area contributed by atoms with Gasteiger partial charge in [0.15, 0.2) is 0 Å². The van der Waals surface area contributed by atoms with Crippen LogP contribution in [0.3, 0.4) is 0 Å². The largest absolute Gasteiger partial charge is 0.306 e. The molecule has 1 aliphatic rings. The minimum Gasteiger partial charge on any atom is -0.306 e. The lowest BCUT2D eigenvalue weighted by atomic mass is 10.1. The summed E-state index contributed by atoms with van der Waals surface area (Å²) in [5.41, 5.74) is 3.68. The van der Waals surface area contributed by atoms with E-state index in [1.807, 2.05) is 24.3 Å². The Balaban J connectivity index is 1.71. The molecule has 1 nitrogen and oxygen atoms in total. The molecule has 0 heterocycles. The van der Waals surface area contributed by atoms with Gasteiger partial charge in [-0.05, 0) is 41.7 Å². The number of hydrogen-bond acceptors (Lipinski definition) is 1. The molecular formula is C16H16FN. The number of hydrogen-bond donors (Lipinski definition) is 1. The van der Waals surface area contributed by atoms with E-state index in [2.05, 4.69) is 17.4 Å². The van der Waals surface area contributed by atoms with Gasteiger partial charge in [-0.3, -0.25) is 0 Å². The van der Waals surface area contributed by atoms with E-state index in [1.165, 1.54) is 11.1 Å². The number of benzene rings is 2. The Bertz CT molecular complexity index is 536. The van der Waals surface area contributed by atoms with E-state index in [-0.39, 0.29) is 11.9 Å². The molecule has 1 atom stereocenters. The molecule has 18 heavy (non-hydrogen) atoms. The molecular weight excluding hydrogens is 225 g/mol. The van der Waals surface area contributed by atoms with E-state index in [0.29, 0.717) is 0 Å². The van der Waals surface area contributed by atoms with Gasteiger partial charge in [0.1, 0.15) is 5.82 Å². The van der Waals surface area contributed by atoms with Gasteiger partial charge in [-0.15, -0.1) is 0 Å². The number of fused-ring (bicyclic) bond motifs is 1. The molecule has 0 unspecified atom stereocenters. The van der Waals surface area contributed by atoms with Crippen LogP contribution < -0.4 is 5.32 Å². The minimum atomic E-state index is -0.137. The standard InChI is InChI=1S/C16H16FN/c17-14-8-6-13-7-9-16(15(13)10-14)18-11-12-4-2-1-3-5-12/h1-6,8,10,16,18H,7,9,11H2/t16-/m0/s1. The summed E-state index contributed by atoms with van der Waals surface area (Å²) in [6.45, 7) is 0.835. The molecule has 0 spiro atoms. The van der Waals surface area contributed by atoms with Crippen LogP contribution in [0.2, 0.25) is 0 Å². The maximum absolute atomic E-state index is 13.3. The Labute approximate surface area is 107 Å². The number of halogens is 1. The van der Waals surface area contributed by atoms with Gasteiger partial charge in [0, 0.05) is 12.6 Å². The maximum atomic E-state index is 13.3. The van der Waals surface area contributed by atoms with Crippen molar-refractivity contribution in [3.63, 3.8) is 0 Å². The van der Waals surface area contributed by atoms with E-state index < -0.39 is 0 Å². The zero-order valence-electron chi connectivity index (χ0n) is 10.2. The van der Waals surface area contributed by atoms with Gasteiger partial charge in [-0.2, -0.15) is 0 Å². The molecule has 0 saturated carbocycles. The topological polar surface area (TPSA) is 12.0 Å². The zero-order valence-corrected chi connectivity index (χ0v) is 10.2. The van der Waals surface area contributed by atoms with E-state index in [1.54, 1.807) is 12.1 Å². The lowest BCUT2D eigenvalue weighted by Crippen LogP contribution is -2.18. The highest BCUT2D eigenvalue weighted by atomic mass is 19.1. The highest BCUT2D eigenvalue weighted by Crippen LogP contribution is 2.31. The van der Waals surface area contributed by atoms with Gasteiger partial charge >= 0.3 is 0 Å². The highest BCUT2D eigenvalue weighted by molar-refractivity contribution is 5.35. The van der Waals surface area contributed by atoms with Crippen LogP contribution in [0.25, 0.3) is 0 Å². The van der Waals surface area contributed by atoms with Gasteiger partial charge < -0.3 is 5.32 Å². The van der Waals surface area contributed by atoms with Crippen molar-refractivity contribution in [3.8, 4) is 0 Å². The average molecular weight is 241 g/mol. The van der Waals surface area contributed by atoms with Crippen LogP contribution in [0.5, 0.6) is 0 Å². The summed E-state index contributed by atoms with van der Waals surface area (Å²) in [5.74, 6) is -0.137. The third-order valence-electron chi connectivity index (χ3n) is 3.58. The van der Waals surface area contributed by atoms with Gasteiger partial charge in [-0.25, -0.2) is 4.39 Å². The quantitative estimate of drug-likeness (QED) is 0.865. The first kappa shape index (κ1) is 11.4. The van der Waals surface area contributed by atoms with Crippen LogP contribution in [0.15, 0.2) is 48.5 Å². The fourth-order valence-corrected chi connectivity index (χ4v) is 2.62. The molecule has 92 valence electrons. The molecule has 3 rings (SSSR count). The average Bonchev–Trinajstić information content (AvgIpc) is 2.80. The highest BCUT2D eigenvalue weighted by Gasteiger charge is 2.22.